The number of ether oxygens (including phenoxy) is 1. The Labute approximate surface area is 128 Å². The summed E-state index contributed by atoms with van der Waals surface area (Å²) in [6.45, 7) is 9.05. The Morgan fingerprint density at radius 3 is 2.62 bits per heavy atom. The molecule has 4 nitrogen and oxygen atoms in total. The summed E-state index contributed by atoms with van der Waals surface area (Å²) in [5.74, 6) is 0.770. The van der Waals surface area contributed by atoms with Crippen LogP contribution in [-0.2, 0) is 4.74 Å². The third-order valence-electron chi connectivity index (χ3n) is 5.71. The Morgan fingerprint density at radius 1 is 1.24 bits per heavy atom. The van der Waals surface area contributed by atoms with Crippen molar-refractivity contribution in [1.82, 2.24) is 4.90 Å². The van der Waals surface area contributed by atoms with Crippen molar-refractivity contribution in [3.63, 3.8) is 0 Å². The number of nitriles is 2. The van der Waals surface area contributed by atoms with Gasteiger partial charge in [-0.25, -0.2) is 0 Å². The number of hydrogen-bond donors (Lipinski definition) is 0. The first-order chi connectivity index (χ1) is 10.0. The fraction of sp³-hybridized carbons (Fsp3) is 0.882. The summed E-state index contributed by atoms with van der Waals surface area (Å²) in [7, 11) is 0. The van der Waals surface area contributed by atoms with Crippen LogP contribution in [0.5, 0.6) is 0 Å². The minimum atomic E-state index is -0.336. The van der Waals surface area contributed by atoms with Crippen molar-refractivity contribution >= 4 is 0 Å². The lowest BCUT2D eigenvalue weighted by atomic mass is 9.66. The second-order valence-corrected chi connectivity index (χ2v) is 7.14. The zero-order chi connectivity index (χ0) is 15.5. The van der Waals surface area contributed by atoms with Crippen molar-refractivity contribution in [2.45, 2.75) is 58.6 Å². The monoisotopic (exact) mass is 289 g/mol. The molecule has 0 aromatic heterocycles. The van der Waals surface area contributed by atoms with Crippen LogP contribution in [0.3, 0.4) is 0 Å². The molecular formula is C17H27N3O. The van der Waals surface area contributed by atoms with Crippen LogP contribution in [0.2, 0.25) is 0 Å². The summed E-state index contributed by atoms with van der Waals surface area (Å²) in [4.78, 5) is 2.34. The molecule has 1 saturated carbocycles. The van der Waals surface area contributed by atoms with Gasteiger partial charge in [0.2, 0.25) is 0 Å². The van der Waals surface area contributed by atoms with E-state index in [-0.39, 0.29) is 12.0 Å². The second kappa shape index (κ2) is 6.77. The van der Waals surface area contributed by atoms with Gasteiger partial charge in [0.05, 0.1) is 24.7 Å². The highest BCUT2D eigenvalue weighted by atomic mass is 16.5. The summed E-state index contributed by atoms with van der Waals surface area (Å²) in [6, 6.07) is 5.01. The highest BCUT2D eigenvalue weighted by Gasteiger charge is 2.40. The molecule has 4 heteroatoms. The molecular weight excluding hydrogens is 262 g/mol. The summed E-state index contributed by atoms with van der Waals surface area (Å²) in [5, 5.41) is 18.6. The van der Waals surface area contributed by atoms with E-state index < -0.39 is 0 Å². The molecule has 0 spiro atoms. The van der Waals surface area contributed by atoms with Crippen molar-refractivity contribution in [2.24, 2.45) is 17.3 Å². The summed E-state index contributed by atoms with van der Waals surface area (Å²) < 4.78 is 5.45. The molecule has 1 saturated heterocycles. The topological polar surface area (TPSA) is 60.1 Å². The normalized spacial score (nSPS) is 34.9. The molecule has 0 N–H and O–H groups in total. The van der Waals surface area contributed by atoms with Crippen molar-refractivity contribution in [3.8, 4) is 12.1 Å². The molecule has 0 radical (unpaired) electrons. The molecule has 0 aromatic rings. The maximum atomic E-state index is 9.49. The molecule has 0 amide bonds. The van der Waals surface area contributed by atoms with Crippen molar-refractivity contribution in [3.05, 3.63) is 0 Å². The first-order valence-electron chi connectivity index (χ1n) is 8.16. The summed E-state index contributed by atoms with van der Waals surface area (Å²) in [5.41, 5.74) is 0.333. The third kappa shape index (κ3) is 3.57. The summed E-state index contributed by atoms with van der Waals surface area (Å²) in [6.07, 6.45) is 4.06. The van der Waals surface area contributed by atoms with E-state index in [1.54, 1.807) is 0 Å². The quantitative estimate of drug-likeness (QED) is 0.801. The predicted octanol–water partition coefficient (Wildman–Crippen LogP) is 2.96. The fourth-order valence-electron chi connectivity index (χ4n) is 3.75. The molecule has 21 heavy (non-hydrogen) atoms. The molecule has 116 valence electrons. The molecule has 1 aliphatic heterocycles. The highest BCUT2D eigenvalue weighted by molar-refractivity contribution is 5.02. The fourth-order valence-corrected chi connectivity index (χ4v) is 3.75. The zero-order valence-corrected chi connectivity index (χ0v) is 13.5. The van der Waals surface area contributed by atoms with E-state index in [4.69, 9.17) is 10.00 Å². The number of hydrogen-bond acceptors (Lipinski definition) is 4. The van der Waals surface area contributed by atoms with E-state index in [9.17, 15) is 5.26 Å². The SMILES string of the molecule is CCC(C)(C)C1CCC(C#N)C(N2CCOC(C#N)C2)C1. The van der Waals surface area contributed by atoms with Gasteiger partial charge in [0.25, 0.3) is 0 Å². The number of morpholine rings is 1. The third-order valence-corrected chi connectivity index (χ3v) is 5.71. The first kappa shape index (κ1) is 16.3. The maximum Gasteiger partial charge on any atom is 0.156 e. The molecule has 4 atom stereocenters. The lowest BCUT2D eigenvalue weighted by molar-refractivity contribution is -0.0424. The van der Waals surface area contributed by atoms with Crippen LogP contribution in [0.4, 0.5) is 0 Å². The minimum Gasteiger partial charge on any atom is -0.361 e. The molecule has 4 unspecified atom stereocenters. The Bertz CT molecular complexity index is 434. The van der Waals surface area contributed by atoms with E-state index in [0.29, 0.717) is 30.5 Å². The Hall–Kier alpha value is -1.10. The van der Waals surface area contributed by atoms with Crippen LogP contribution in [0, 0.1) is 39.9 Å². The van der Waals surface area contributed by atoms with Gasteiger partial charge in [0, 0.05) is 19.1 Å². The first-order valence-corrected chi connectivity index (χ1v) is 8.16. The molecule has 1 aliphatic carbocycles. The Kier molecular flexibility index (Phi) is 5.25. The number of nitrogens with zero attached hydrogens (tertiary/aromatic N) is 3. The van der Waals surface area contributed by atoms with E-state index in [0.717, 1.165) is 25.8 Å². The van der Waals surface area contributed by atoms with Gasteiger partial charge in [-0.2, -0.15) is 10.5 Å². The van der Waals surface area contributed by atoms with Gasteiger partial charge < -0.3 is 4.74 Å². The van der Waals surface area contributed by atoms with Crippen molar-refractivity contribution < 1.29 is 4.74 Å². The van der Waals surface area contributed by atoms with Gasteiger partial charge in [0.15, 0.2) is 6.10 Å². The predicted molar refractivity (Wildman–Crippen MR) is 81.2 cm³/mol. The van der Waals surface area contributed by atoms with Gasteiger partial charge in [0.1, 0.15) is 0 Å². The minimum absolute atomic E-state index is 0.103. The average molecular weight is 289 g/mol. The van der Waals surface area contributed by atoms with E-state index in [1.165, 1.54) is 6.42 Å². The average Bonchev–Trinajstić information content (AvgIpc) is 2.54. The number of rotatable bonds is 3. The van der Waals surface area contributed by atoms with E-state index in [1.807, 2.05) is 0 Å². The Morgan fingerprint density at radius 2 is 2.00 bits per heavy atom. The van der Waals surface area contributed by atoms with Crippen molar-refractivity contribution in [1.29, 1.82) is 10.5 Å². The molecule has 2 aliphatic rings. The zero-order valence-electron chi connectivity index (χ0n) is 13.5. The lowest BCUT2D eigenvalue weighted by Crippen LogP contribution is -2.52. The van der Waals surface area contributed by atoms with Crippen LogP contribution in [0.25, 0.3) is 0 Å². The van der Waals surface area contributed by atoms with Gasteiger partial charge in [-0.3, -0.25) is 4.90 Å². The highest BCUT2D eigenvalue weighted by Crippen LogP contribution is 2.43. The van der Waals surface area contributed by atoms with Gasteiger partial charge >= 0.3 is 0 Å². The van der Waals surface area contributed by atoms with Crippen LogP contribution in [0.1, 0.15) is 46.5 Å². The van der Waals surface area contributed by atoms with Gasteiger partial charge in [-0.15, -0.1) is 0 Å². The van der Waals surface area contributed by atoms with Crippen LogP contribution < -0.4 is 0 Å². The largest absolute Gasteiger partial charge is 0.361 e. The maximum absolute atomic E-state index is 9.49. The van der Waals surface area contributed by atoms with E-state index >= 15 is 0 Å². The second-order valence-electron chi connectivity index (χ2n) is 7.14. The van der Waals surface area contributed by atoms with Gasteiger partial charge in [-0.1, -0.05) is 27.2 Å². The van der Waals surface area contributed by atoms with Crippen LogP contribution in [0.15, 0.2) is 0 Å². The Balaban J connectivity index is 2.10. The van der Waals surface area contributed by atoms with Gasteiger partial charge in [-0.05, 0) is 30.6 Å². The molecule has 0 bridgehead atoms. The molecule has 2 fully saturated rings. The van der Waals surface area contributed by atoms with Crippen molar-refractivity contribution in [2.75, 3.05) is 19.7 Å². The molecule has 1 heterocycles. The van der Waals surface area contributed by atoms with E-state index in [2.05, 4.69) is 37.8 Å². The molecule has 2 rings (SSSR count). The molecule has 0 aromatic carbocycles. The van der Waals surface area contributed by atoms with Crippen LogP contribution in [-0.4, -0.2) is 36.7 Å². The lowest BCUT2D eigenvalue weighted by Gasteiger charge is -2.46. The standard InChI is InChI=1S/C17H27N3O/c1-4-17(2,3)14-6-5-13(10-18)16(9-14)20-7-8-21-15(11-19)12-20/h13-16H,4-9,12H2,1-3H3. The smallest absolute Gasteiger partial charge is 0.156 e. The summed E-state index contributed by atoms with van der Waals surface area (Å²) >= 11 is 0. The van der Waals surface area contributed by atoms with Crippen LogP contribution >= 0.6 is 0 Å².